The summed E-state index contributed by atoms with van der Waals surface area (Å²) >= 11 is 9.48. The van der Waals surface area contributed by atoms with Crippen LogP contribution in [0.4, 0.5) is 0 Å². The van der Waals surface area contributed by atoms with Crippen LogP contribution in [0.3, 0.4) is 0 Å². The zero-order valence-electron chi connectivity index (χ0n) is 39.3. The maximum atomic E-state index is 14.0. The van der Waals surface area contributed by atoms with Crippen LogP contribution in [0.2, 0.25) is 5.02 Å². The fraction of sp³-hybridized carbons (Fsp3) is 0.469. The number of fused-ring (bicyclic) bond motifs is 3. The van der Waals surface area contributed by atoms with Crippen LogP contribution in [0, 0.1) is 33.1 Å². The number of carbonyl (C=O) groups excluding carboxylic acids is 4. The largest absolute Gasteiger partial charge is 0.391 e. The van der Waals surface area contributed by atoms with Crippen molar-refractivity contribution < 1.29 is 33.8 Å². The van der Waals surface area contributed by atoms with Crippen molar-refractivity contribution in [2.75, 3.05) is 26.4 Å². The van der Waals surface area contributed by atoms with Gasteiger partial charge in [0.25, 0.3) is 0 Å². The molecule has 4 amide bonds. The molecule has 0 spiro atoms. The Balaban J connectivity index is 0.776. The first kappa shape index (κ1) is 49.1. The van der Waals surface area contributed by atoms with Crippen molar-refractivity contribution in [3.8, 4) is 15.4 Å². The van der Waals surface area contributed by atoms with Gasteiger partial charge in [0, 0.05) is 46.6 Å². The number of β-amino-alcohol motifs (C(OH)–C–C–N with tert-alkyl or cyclic N) is 1. The predicted molar refractivity (Wildman–Crippen MR) is 261 cm³/mol. The standard InChI is InChI=1S/C49H58ClN9O7S2/c1-26-28(3)68-48-41(26)42(31-12-14-33(50)15-13-31)54-37(45-57-56-29(4)59(45)48)21-39(61)53-34-18-36(19-34)66-17-16-65-24-40(62)55-44(49(5,6)7)47(64)58-23-35(60)20-38(58)46(63)51-22-30-8-10-32(11-9-30)43-27(2)52-25-67-43/h8-15,25,34-38,44,60H,16-24H2,1-7H3,(H,51,63)(H,53,61)(H,55,62)/t34-,35-,36-,37+,38+,44-/m1/s1. The second-order valence-electron chi connectivity index (χ2n) is 18.8. The Bertz CT molecular complexity index is 2690. The molecule has 4 atom stereocenters. The van der Waals surface area contributed by atoms with Gasteiger partial charge in [-0.2, -0.15) is 0 Å². The highest BCUT2D eigenvalue weighted by Gasteiger charge is 2.44. The average Bonchev–Trinajstić information content (AvgIpc) is 4.05. The number of likely N-dealkylation sites (tertiary alicyclic amines) is 1. The van der Waals surface area contributed by atoms with E-state index in [4.69, 9.17) is 26.1 Å². The van der Waals surface area contributed by atoms with Crippen LogP contribution < -0.4 is 16.0 Å². The predicted octanol–water partition coefficient (Wildman–Crippen LogP) is 6.11. The molecule has 360 valence electrons. The number of aliphatic hydroxyl groups is 1. The minimum Gasteiger partial charge on any atom is -0.391 e. The van der Waals surface area contributed by atoms with Gasteiger partial charge in [-0.3, -0.25) is 28.7 Å². The Kier molecular flexibility index (Phi) is 14.9. The van der Waals surface area contributed by atoms with Crippen LogP contribution in [0.25, 0.3) is 15.4 Å². The van der Waals surface area contributed by atoms with Crippen LogP contribution in [-0.4, -0.2) is 116 Å². The van der Waals surface area contributed by atoms with Crippen molar-refractivity contribution in [2.24, 2.45) is 10.4 Å². The molecule has 8 rings (SSSR count). The highest BCUT2D eigenvalue weighted by atomic mass is 35.5. The van der Waals surface area contributed by atoms with E-state index < -0.39 is 41.5 Å². The maximum absolute atomic E-state index is 14.0. The fourth-order valence-electron chi connectivity index (χ4n) is 8.84. The molecule has 4 N–H and O–H groups in total. The topological polar surface area (TPSA) is 202 Å². The molecule has 3 aromatic heterocycles. The molecule has 2 aliphatic heterocycles. The Labute approximate surface area is 408 Å². The monoisotopic (exact) mass is 983 g/mol. The van der Waals surface area contributed by atoms with E-state index >= 15 is 0 Å². The number of aromatic nitrogens is 4. The SMILES string of the molecule is Cc1ncsc1-c1ccc(CNC(=O)[C@@H]2C[C@@H](O)CN2C(=O)[C@@H](NC(=O)COCCO[C@H]2C[C@H](NC(=O)C[C@@H]3N=C(c4ccc(Cl)cc4)c4c(sc(C)c4C)-n4c(C)nnc43)C2)C(C)(C)C)cc1. The van der Waals surface area contributed by atoms with Gasteiger partial charge >= 0.3 is 0 Å². The van der Waals surface area contributed by atoms with E-state index in [1.54, 1.807) is 22.7 Å². The third kappa shape index (κ3) is 10.9. The molecule has 5 heterocycles. The van der Waals surface area contributed by atoms with Crippen molar-refractivity contribution in [1.82, 2.24) is 40.6 Å². The zero-order valence-corrected chi connectivity index (χ0v) is 41.7. The van der Waals surface area contributed by atoms with Crippen LogP contribution in [-0.2, 0) is 35.2 Å². The molecule has 3 aliphatic rings. The van der Waals surface area contributed by atoms with Gasteiger partial charge in [0.1, 0.15) is 35.6 Å². The number of benzene rings is 2. The number of hydrogen-bond donors (Lipinski definition) is 4. The van der Waals surface area contributed by atoms with E-state index in [1.807, 2.05) is 93.2 Å². The van der Waals surface area contributed by atoms with E-state index in [9.17, 15) is 24.3 Å². The summed E-state index contributed by atoms with van der Waals surface area (Å²) in [5.74, 6) is -0.130. The van der Waals surface area contributed by atoms with Crippen molar-refractivity contribution in [1.29, 1.82) is 0 Å². The second kappa shape index (κ2) is 20.7. The lowest BCUT2D eigenvalue weighted by Crippen LogP contribution is -2.58. The number of nitrogens with zero attached hydrogens (tertiary/aromatic N) is 6. The number of amides is 4. The first-order chi connectivity index (χ1) is 32.4. The number of halogens is 1. The molecule has 16 nitrogen and oxygen atoms in total. The van der Waals surface area contributed by atoms with Crippen LogP contribution in [0.15, 0.2) is 59.0 Å². The van der Waals surface area contributed by atoms with Gasteiger partial charge in [0.2, 0.25) is 23.6 Å². The van der Waals surface area contributed by atoms with Crippen LogP contribution in [0.5, 0.6) is 0 Å². The lowest BCUT2D eigenvalue weighted by Gasteiger charge is -2.36. The van der Waals surface area contributed by atoms with Gasteiger partial charge in [-0.15, -0.1) is 32.9 Å². The molecule has 1 saturated heterocycles. The number of ether oxygens (including phenoxy) is 2. The molecule has 5 aromatic rings. The summed E-state index contributed by atoms with van der Waals surface area (Å²) in [5, 5.41) is 30.0. The molecule has 1 aliphatic carbocycles. The van der Waals surface area contributed by atoms with Gasteiger partial charge < -0.3 is 35.4 Å². The van der Waals surface area contributed by atoms with Gasteiger partial charge in [0.15, 0.2) is 5.82 Å². The highest BCUT2D eigenvalue weighted by Crippen LogP contribution is 2.40. The van der Waals surface area contributed by atoms with Gasteiger partial charge in [-0.05, 0) is 74.8 Å². The third-order valence-corrected chi connectivity index (χ3v) is 15.1. The second-order valence-corrected chi connectivity index (χ2v) is 21.3. The fourth-order valence-corrected chi connectivity index (χ4v) is 11.0. The number of thiazole rings is 1. The smallest absolute Gasteiger partial charge is 0.246 e. The quantitative estimate of drug-likeness (QED) is 0.0836. The Morgan fingerprint density at radius 3 is 2.35 bits per heavy atom. The first-order valence-corrected chi connectivity index (χ1v) is 24.9. The molecule has 0 radical (unpaired) electrons. The van der Waals surface area contributed by atoms with Crippen molar-refractivity contribution in [2.45, 2.75) is 117 Å². The Morgan fingerprint density at radius 2 is 1.66 bits per heavy atom. The number of aliphatic hydroxyl groups excluding tert-OH is 1. The highest BCUT2D eigenvalue weighted by molar-refractivity contribution is 7.15. The van der Waals surface area contributed by atoms with Crippen molar-refractivity contribution in [3.05, 3.63) is 104 Å². The van der Waals surface area contributed by atoms with E-state index in [1.165, 1.54) is 9.78 Å². The summed E-state index contributed by atoms with van der Waals surface area (Å²) in [6.45, 7) is 13.8. The molecule has 19 heteroatoms. The number of nitrogens with one attached hydrogen (secondary N) is 3. The number of thiophene rings is 1. The van der Waals surface area contributed by atoms with Gasteiger partial charge in [0.05, 0.1) is 53.6 Å². The molecule has 2 aromatic carbocycles. The lowest BCUT2D eigenvalue weighted by molar-refractivity contribution is -0.144. The summed E-state index contributed by atoms with van der Waals surface area (Å²) in [4.78, 5) is 67.3. The molecular formula is C49H58ClN9O7S2. The summed E-state index contributed by atoms with van der Waals surface area (Å²) < 4.78 is 13.6. The summed E-state index contributed by atoms with van der Waals surface area (Å²) in [6.07, 6.45) is 0.464. The number of rotatable bonds is 16. The summed E-state index contributed by atoms with van der Waals surface area (Å²) in [6, 6.07) is 12.9. The molecule has 1 saturated carbocycles. The molecule has 2 fully saturated rings. The maximum Gasteiger partial charge on any atom is 0.246 e. The zero-order chi connectivity index (χ0) is 48.4. The lowest BCUT2D eigenvalue weighted by atomic mass is 9.85. The Morgan fingerprint density at radius 1 is 0.941 bits per heavy atom. The Hall–Kier alpha value is -5.37. The van der Waals surface area contributed by atoms with Crippen molar-refractivity contribution >= 4 is 63.6 Å². The van der Waals surface area contributed by atoms with Crippen LogP contribution >= 0.6 is 34.3 Å². The van der Waals surface area contributed by atoms with Crippen LogP contribution in [0.1, 0.15) is 97.0 Å². The molecule has 68 heavy (non-hydrogen) atoms. The van der Waals surface area contributed by atoms with E-state index in [2.05, 4.69) is 45.0 Å². The summed E-state index contributed by atoms with van der Waals surface area (Å²) in [7, 11) is 0. The number of aryl methyl sites for hydroxylation is 3. The number of carbonyl (C=O) groups is 4. The number of hydrogen-bond acceptors (Lipinski definition) is 13. The van der Waals surface area contributed by atoms with E-state index in [-0.39, 0.29) is 69.7 Å². The molecular weight excluding hydrogens is 926 g/mol. The average molecular weight is 985 g/mol. The minimum atomic E-state index is -0.982. The normalized spacial score (nSPS) is 20.4. The third-order valence-electron chi connectivity index (χ3n) is 12.7. The van der Waals surface area contributed by atoms with Gasteiger partial charge in [-0.1, -0.05) is 68.8 Å². The van der Waals surface area contributed by atoms with Crippen molar-refractivity contribution in [3.63, 3.8) is 0 Å². The van der Waals surface area contributed by atoms with E-state index in [0.717, 1.165) is 54.9 Å². The molecule has 0 unspecified atom stereocenters. The minimum absolute atomic E-state index is 0.0253. The van der Waals surface area contributed by atoms with Gasteiger partial charge in [-0.25, -0.2) is 4.98 Å². The first-order valence-electron chi connectivity index (χ1n) is 22.8. The number of aliphatic imine (C=N–C) groups is 1. The summed E-state index contributed by atoms with van der Waals surface area (Å²) in [5.41, 5.74) is 7.80. The van der Waals surface area contributed by atoms with E-state index in [0.29, 0.717) is 23.7 Å². The molecule has 0 bridgehead atoms.